The van der Waals surface area contributed by atoms with E-state index >= 15 is 0 Å². The molecule has 15 nitrogen and oxygen atoms in total. The summed E-state index contributed by atoms with van der Waals surface area (Å²) in [6.07, 6.45) is -1.61. The Morgan fingerprint density at radius 2 is 1.32 bits per heavy atom. The number of β-amino-alcohol motifs (C(OH)–C–C–N with tert-alkyl or cyclic N) is 1. The smallest absolute Gasteiger partial charge is 0.407 e. The molecular weight excluding hydrogens is 549 g/mol. The molecule has 1 heterocycles. The SMILES string of the molecule is O=C(O)CN1CCN(COP(O)O)CCN(CC(=O)O)CCN(CC(O)CNC(=O)OCc2ccccc2)CC1. The standard InChI is InChI=1S/C24H40N5O10P/c30-21(14-25-24(35)38-18-20-4-2-1-3-5-20)15-26-6-8-27(16-22(31)32)10-12-29(19-39-40(36)37)13-11-28(9-7-26)17-23(33)34/h1-5,21,30,36-37H,6-19H2,(H,25,35)(H,31,32)(H,33,34). The first-order valence-corrected chi connectivity index (χ1v) is 14.0. The number of carbonyl (C=O) groups excluding carboxylic acids is 1. The van der Waals surface area contributed by atoms with Gasteiger partial charge in [0, 0.05) is 65.4 Å². The van der Waals surface area contributed by atoms with Crippen LogP contribution in [0.5, 0.6) is 0 Å². The van der Waals surface area contributed by atoms with E-state index in [-0.39, 0.29) is 39.5 Å². The number of ether oxygens (including phenoxy) is 1. The van der Waals surface area contributed by atoms with E-state index in [1.807, 2.05) is 35.2 Å². The third-order valence-corrected chi connectivity index (χ3v) is 6.51. The van der Waals surface area contributed by atoms with Crippen LogP contribution in [0.3, 0.4) is 0 Å². The number of nitrogens with zero attached hydrogens (tertiary/aromatic N) is 4. The number of aliphatic carboxylic acids is 2. The number of rotatable bonds is 13. The molecule has 2 rings (SSSR count). The summed E-state index contributed by atoms with van der Waals surface area (Å²) in [6, 6.07) is 9.17. The molecule has 0 aromatic heterocycles. The number of amides is 1. The van der Waals surface area contributed by atoms with Gasteiger partial charge >= 0.3 is 26.6 Å². The normalized spacial score (nSPS) is 18.0. The number of alkyl carbamates (subject to hydrolysis) is 1. The molecule has 40 heavy (non-hydrogen) atoms. The first-order valence-electron chi connectivity index (χ1n) is 12.9. The van der Waals surface area contributed by atoms with E-state index in [0.717, 1.165) is 5.56 Å². The zero-order valence-corrected chi connectivity index (χ0v) is 23.3. The molecule has 1 amide bonds. The van der Waals surface area contributed by atoms with Crippen LogP contribution in [0.25, 0.3) is 0 Å². The lowest BCUT2D eigenvalue weighted by Crippen LogP contribution is -2.49. The van der Waals surface area contributed by atoms with Gasteiger partial charge in [0.05, 0.1) is 19.2 Å². The molecule has 1 aromatic rings. The van der Waals surface area contributed by atoms with Crippen molar-refractivity contribution in [3.8, 4) is 0 Å². The van der Waals surface area contributed by atoms with Crippen molar-refractivity contribution in [3.63, 3.8) is 0 Å². The second-order valence-corrected chi connectivity index (χ2v) is 10.1. The molecule has 1 aliphatic rings. The maximum absolute atomic E-state index is 12.0. The fourth-order valence-electron chi connectivity index (χ4n) is 4.06. The molecule has 0 saturated carbocycles. The van der Waals surface area contributed by atoms with E-state index in [2.05, 4.69) is 5.32 Å². The van der Waals surface area contributed by atoms with E-state index in [4.69, 9.17) is 19.0 Å². The average molecular weight is 590 g/mol. The molecular formula is C24H40N5O10P. The molecule has 226 valence electrons. The monoisotopic (exact) mass is 589 g/mol. The van der Waals surface area contributed by atoms with Gasteiger partial charge in [0.25, 0.3) is 0 Å². The molecule has 1 saturated heterocycles. The molecule has 16 heteroatoms. The zero-order valence-electron chi connectivity index (χ0n) is 22.4. The second kappa shape index (κ2) is 18.8. The molecule has 1 fully saturated rings. The molecule has 0 spiro atoms. The van der Waals surface area contributed by atoms with Gasteiger partial charge in [-0.25, -0.2) is 4.79 Å². The van der Waals surface area contributed by atoms with Crippen molar-refractivity contribution in [2.24, 2.45) is 0 Å². The maximum atomic E-state index is 12.0. The topological polar surface area (TPSA) is 196 Å². The summed E-state index contributed by atoms with van der Waals surface area (Å²) in [4.78, 5) is 60.2. The molecule has 0 aliphatic carbocycles. The Bertz CT molecular complexity index is 868. The van der Waals surface area contributed by atoms with Crippen molar-refractivity contribution in [1.29, 1.82) is 0 Å². The number of aliphatic hydroxyl groups excluding tert-OH is 1. The Kier molecular flexibility index (Phi) is 15.9. The van der Waals surface area contributed by atoms with Gasteiger partial charge in [-0.05, 0) is 5.56 Å². The number of hydrogen-bond donors (Lipinski definition) is 6. The highest BCUT2D eigenvalue weighted by Crippen LogP contribution is 2.24. The average Bonchev–Trinajstić information content (AvgIpc) is 2.90. The molecule has 1 unspecified atom stereocenters. The summed E-state index contributed by atoms with van der Waals surface area (Å²) in [5, 5.41) is 31.8. The van der Waals surface area contributed by atoms with Crippen molar-refractivity contribution >= 4 is 26.6 Å². The molecule has 0 bridgehead atoms. The van der Waals surface area contributed by atoms with Crippen LogP contribution in [-0.2, 0) is 25.5 Å². The van der Waals surface area contributed by atoms with Gasteiger partial charge in [-0.15, -0.1) is 0 Å². The van der Waals surface area contributed by atoms with Crippen LogP contribution in [0.4, 0.5) is 4.79 Å². The van der Waals surface area contributed by atoms with Crippen LogP contribution in [0, 0.1) is 0 Å². The summed E-state index contributed by atoms with van der Waals surface area (Å²) in [5.41, 5.74) is 0.830. The number of benzene rings is 1. The van der Waals surface area contributed by atoms with Crippen molar-refractivity contribution in [2.45, 2.75) is 12.7 Å². The van der Waals surface area contributed by atoms with Crippen molar-refractivity contribution in [3.05, 3.63) is 35.9 Å². The van der Waals surface area contributed by atoms with E-state index < -0.39 is 32.7 Å². The molecule has 1 aliphatic heterocycles. The van der Waals surface area contributed by atoms with Crippen LogP contribution in [-0.4, -0.2) is 154 Å². The van der Waals surface area contributed by atoms with Gasteiger partial charge in [0.15, 0.2) is 0 Å². The van der Waals surface area contributed by atoms with Crippen LogP contribution in [0.15, 0.2) is 30.3 Å². The highest BCUT2D eigenvalue weighted by atomic mass is 31.2. The summed E-state index contributed by atoms with van der Waals surface area (Å²) >= 11 is 0. The lowest BCUT2D eigenvalue weighted by atomic mass is 10.2. The molecule has 1 aromatic carbocycles. The van der Waals surface area contributed by atoms with Gasteiger partial charge in [0.1, 0.15) is 13.3 Å². The first kappa shape index (κ1) is 33.7. The predicted molar refractivity (Wildman–Crippen MR) is 144 cm³/mol. The minimum atomic E-state index is -2.57. The van der Waals surface area contributed by atoms with E-state index in [0.29, 0.717) is 52.4 Å². The second-order valence-electron chi connectivity index (χ2n) is 9.37. The van der Waals surface area contributed by atoms with E-state index in [9.17, 15) is 29.7 Å². The lowest BCUT2D eigenvalue weighted by Gasteiger charge is -2.34. The van der Waals surface area contributed by atoms with Crippen molar-refractivity contribution < 1.29 is 48.8 Å². The predicted octanol–water partition coefficient (Wildman–Crippen LogP) is -1.15. The quantitative estimate of drug-likeness (QED) is 0.151. The van der Waals surface area contributed by atoms with Gasteiger partial charge in [0.2, 0.25) is 0 Å². The number of nitrogens with one attached hydrogen (secondary N) is 1. The van der Waals surface area contributed by atoms with Gasteiger partial charge in [-0.3, -0.25) is 33.7 Å². The minimum absolute atomic E-state index is 0.0605. The van der Waals surface area contributed by atoms with Gasteiger partial charge < -0.3 is 35.2 Å². The fraction of sp³-hybridized carbons (Fsp3) is 0.625. The number of carbonyl (C=O) groups is 3. The van der Waals surface area contributed by atoms with Crippen LogP contribution < -0.4 is 5.32 Å². The highest BCUT2D eigenvalue weighted by molar-refractivity contribution is 7.39. The van der Waals surface area contributed by atoms with Crippen LogP contribution in [0.2, 0.25) is 0 Å². The number of aliphatic hydroxyl groups is 1. The number of hydrogen-bond acceptors (Lipinski definition) is 12. The highest BCUT2D eigenvalue weighted by Gasteiger charge is 2.21. The third kappa shape index (κ3) is 15.4. The summed E-state index contributed by atoms with van der Waals surface area (Å²) < 4.78 is 10.1. The molecule has 1 atom stereocenters. The Balaban J connectivity index is 1.97. The maximum Gasteiger partial charge on any atom is 0.407 e. The van der Waals surface area contributed by atoms with Crippen LogP contribution >= 0.6 is 8.60 Å². The Labute approximate surface area is 234 Å². The lowest BCUT2D eigenvalue weighted by molar-refractivity contribution is -0.139. The number of carboxylic acids is 2. The fourth-order valence-corrected chi connectivity index (χ4v) is 4.33. The Morgan fingerprint density at radius 1 is 0.825 bits per heavy atom. The van der Waals surface area contributed by atoms with Crippen molar-refractivity contribution in [2.75, 3.05) is 85.3 Å². The van der Waals surface area contributed by atoms with E-state index in [1.54, 1.807) is 14.7 Å². The largest absolute Gasteiger partial charge is 0.480 e. The Morgan fingerprint density at radius 3 is 1.82 bits per heavy atom. The summed E-state index contributed by atoms with van der Waals surface area (Å²) in [7, 11) is -2.57. The summed E-state index contributed by atoms with van der Waals surface area (Å²) in [6.45, 7) is 2.56. The van der Waals surface area contributed by atoms with Crippen molar-refractivity contribution in [1.82, 2.24) is 24.9 Å². The van der Waals surface area contributed by atoms with E-state index in [1.165, 1.54) is 0 Å². The Hall–Kier alpha value is -2.46. The number of carboxylic acid groups (broad SMARTS) is 2. The van der Waals surface area contributed by atoms with Gasteiger partial charge in [-0.1, -0.05) is 30.3 Å². The summed E-state index contributed by atoms with van der Waals surface area (Å²) in [5.74, 6) is -2.00. The molecule has 6 N–H and O–H groups in total. The van der Waals surface area contributed by atoms with Crippen LogP contribution in [0.1, 0.15) is 5.56 Å². The van der Waals surface area contributed by atoms with Gasteiger partial charge in [-0.2, -0.15) is 0 Å². The first-order chi connectivity index (χ1) is 19.1. The minimum Gasteiger partial charge on any atom is -0.480 e. The molecule has 0 radical (unpaired) electrons. The third-order valence-electron chi connectivity index (χ3n) is 6.17. The zero-order chi connectivity index (χ0) is 29.3.